The molecule has 0 bridgehead atoms. The highest BCUT2D eigenvalue weighted by Gasteiger charge is 2.35. The van der Waals surface area contributed by atoms with Crippen LogP contribution in [-0.2, 0) is 19.6 Å². The topological polar surface area (TPSA) is 68.8 Å². The van der Waals surface area contributed by atoms with Gasteiger partial charge in [-0.05, 0) is 11.6 Å². The van der Waals surface area contributed by atoms with Gasteiger partial charge in [0.2, 0.25) is 0 Å². The summed E-state index contributed by atoms with van der Waals surface area (Å²) in [6, 6.07) is 4.64. The van der Waals surface area contributed by atoms with Crippen LogP contribution in [0.1, 0.15) is 23.0 Å². The van der Waals surface area contributed by atoms with E-state index < -0.39 is 17.8 Å². The number of hydrogen-bond donors (Lipinski definition) is 2. The van der Waals surface area contributed by atoms with E-state index in [1.165, 1.54) is 23.1 Å². The van der Waals surface area contributed by atoms with Crippen molar-refractivity contribution in [1.29, 1.82) is 0 Å². The maximum Gasteiger partial charge on any atom is 0.416 e. The summed E-state index contributed by atoms with van der Waals surface area (Å²) in [4.78, 5) is 4.00. The molecule has 0 aliphatic carbocycles. The van der Waals surface area contributed by atoms with Gasteiger partial charge >= 0.3 is 6.18 Å². The molecule has 0 spiro atoms. The molecule has 5 nitrogen and oxygen atoms in total. The largest absolute Gasteiger partial charge is 0.416 e. The van der Waals surface area contributed by atoms with E-state index in [0.717, 1.165) is 6.07 Å². The molecular formula is C12H14F3N5. The molecule has 1 atom stereocenters. The molecule has 3 N–H and O–H groups in total. The average Bonchev–Trinajstić information content (AvgIpc) is 2.80. The quantitative estimate of drug-likeness (QED) is 0.661. The number of hydrazine groups is 1. The number of hydrogen-bond acceptors (Lipinski definition) is 4. The van der Waals surface area contributed by atoms with E-state index in [4.69, 9.17) is 5.84 Å². The van der Waals surface area contributed by atoms with Gasteiger partial charge in [-0.15, -0.1) is 0 Å². The molecule has 1 aromatic heterocycles. The minimum Gasteiger partial charge on any atom is -0.271 e. The van der Waals surface area contributed by atoms with Crippen LogP contribution in [-0.4, -0.2) is 14.8 Å². The van der Waals surface area contributed by atoms with E-state index in [1.54, 1.807) is 13.1 Å². The molecule has 0 saturated carbocycles. The lowest BCUT2D eigenvalue weighted by Crippen LogP contribution is -2.32. The highest BCUT2D eigenvalue weighted by Crippen LogP contribution is 2.34. The number of nitrogens with two attached hydrogens (primary N) is 1. The molecule has 0 amide bonds. The van der Waals surface area contributed by atoms with Crippen molar-refractivity contribution in [3.63, 3.8) is 0 Å². The van der Waals surface area contributed by atoms with Crippen LogP contribution in [0.2, 0.25) is 0 Å². The van der Waals surface area contributed by atoms with Gasteiger partial charge in [-0.1, -0.05) is 18.2 Å². The Labute approximate surface area is 113 Å². The summed E-state index contributed by atoms with van der Waals surface area (Å²) in [7, 11) is 1.67. The number of halogens is 3. The van der Waals surface area contributed by atoms with Gasteiger partial charge in [0.05, 0.1) is 11.6 Å². The minimum absolute atomic E-state index is 0.0884. The number of nitrogens with one attached hydrogen (secondary N) is 1. The molecule has 0 radical (unpaired) electrons. The third-order valence-corrected chi connectivity index (χ3v) is 3.03. The molecule has 0 saturated heterocycles. The van der Waals surface area contributed by atoms with Gasteiger partial charge < -0.3 is 0 Å². The second-order valence-electron chi connectivity index (χ2n) is 4.31. The fraction of sp³-hybridized carbons (Fsp3) is 0.333. The molecule has 20 heavy (non-hydrogen) atoms. The summed E-state index contributed by atoms with van der Waals surface area (Å²) in [5.74, 6) is 5.96. The number of benzene rings is 1. The Kier molecular flexibility index (Phi) is 4.05. The summed E-state index contributed by atoms with van der Waals surface area (Å²) in [6.45, 7) is 0. The van der Waals surface area contributed by atoms with Crippen molar-refractivity contribution in [3.8, 4) is 0 Å². The monoisotopic (exact) mass is 285 g/mol. The van der Waals surface area contributed by atoms with Crippen LogP contribution in [0, 0.1) is 0 Å². The van der Waals surface area contributed by atoms with E-state index in [1.807, 2.05) is 0 Å². The van der Waals surface area contributed by atoms with E-state index >= 15 is 0 Å². The molecule has 2 rings (SSSR count). The summed E-state index contributed by atoms with van der Waals surface area (Å²) >= 11 is 0. The van der Waals surface area contributed by atoms with Gasteiger partial charge in [-0.2, -0.15) is 18.3 Å². The number of alkyl halides is 3. The summed E-state index contributed by atoms with van der Waals surface area (Å²) in [6.07, 6.45) is -2.87. The van der Waals surface area contributed by atoms with E-state index in [0.29, 0.717) is 5.82 Å². The number of aryl methyl sites for hydroxylation is 1. The standard InChI is InChI=1S/C12H14F3N5/c1-20-11(17-7-18-20)6-10(19-16)8-4-2-3-5-9(8)12(13,14)15/h2-5,7,10,19H,6,16H2,1H3. The second kappa shape index (κ2) is 5.59. The van der Waals surface area contributed by atoms with E-state index in [2.05, 4.69) is 15.5 Å². The summed E-state index contributed by atoms with van der Waals surface area (Å²) in [5, 5.41) is 3.88. The van der Waals surface area contributed by atoms with Crippen LogP contribution in [0.25, 0.3) is 0 Å². The zero-order valence-electron chi connectivity index (χ0n) is 10.7. The first-order valence-electron chi connectivity index (χ1n) is 5.88. The lowest BCUT2D eigenvalue weighted by Gasteiger charge is -2.20. The predicted octanol–water partition coefficient (Wildman–Crippen LogP) is 1.58. The van der Waals surface area contributed by atoms with E-state index in [9.17, 15) is 13.2 Å². The summed E-state index contributed by atoms with van der Waals surface area (Å²) < 4.78 is 40.5. The van der Waals surface area contributed by atoms with Crippen molar-refractivity contribution in [2.75, 3.05) is 0 Å². The van der Waals surface area contributed by atoms with Crippen molar-refractivity contribution < 1.29 is 13.2 Å². The molecule has 0 aliphatic heterocycles. The molecule has 2 aromatic rings. The van der Waals surface area contributed by atoms with Gasteiger partial charge in [-0.25, -0.2) is 4.98 Å². The Bertz CT molecular complexity index is 578. The van der Waals surface area contributed by atoms with Crippen molar-refractivity contribution in [2.45, 2.75) is 18.6 Å². The lowest BCUT2D eigenvalue weighted by atomic mass is 9.97. The lowest BCUT2D eigenvalue weighted by molar-refractivity contribution is -0.138. The Hall–Kier alpha value is -1.93. The fourth-order valence-electron chi connectivity index (χ4n) is 2.01. The molecule has 1 unspecified atom stereocenters. The fourth-order valence-corrected chi connectivity index (χ4v) is 2.01. The van der Waals surface area contributed by atoms with Crippen LogP contribution in [0.5, 0.6) is 0 Å². The number of aromatic nitrogens is 3. The maximum atomic E-state index is 13.0. The number of rotatable bonds is 4. The van der Waals surface area contributed by atoms with Gasteiger partial charge in [0.15, 0.2) is 0 Å². The molecule has 8 heteroatoms. The molecule has 1 heterocycles. The second-order valence-corrected chi connectivity index (χ2v) is 4.31. The third kappa shape index (κ3) is 2.97. The van der Waals surface area contributed by atoms with Gasteiger partial charge in [0, 0.05) is 13.5 Å². The molecule has 108 valence electrons. The molecule has 1 aromatic carbocycles. The normalized spacial score (nSPS) is 13.4. The Morgan fingerprint density at radius 2 is 2.05 bits per heavy atom. The van der Waals surface area contributed by atoms with Crippen LogP contribution in [0.4, 0.5) is 13.2 Å². The van der Waals surface area contributed by atoms with Gasteiger partial charge in [0.1, 0.15) is 12.2 Å². The zero-order chi connectivity index (χ0) is 14.8. The average molecular weight is 285 g/mol. The van der Waals surface area contributed by atoms with Gasteiger partial charge in [0.25, 0.3) is 0 Å². The molecular weight excluding hydrogens is 271 g/mol. The highest BCUT2D eigenvalue weighted by molar-refractivity contribution is 5.32. The van der Waals surface area contributed by atoms with Crippen molar-refractivity contribution >= 4 is 0 Å². The van der Waals surface area contributed by atoms with Crippen LogP contribution in [0.15, 0.2) is 30.6 Å². The third-order valence-electron chi connectivity index (χ3n) is 3.03. The first-order valence-corrected chi connectivity index (χ1v) is 5.88. The first-order chi connectivity index (χ1) is 9.43. The smallest absolute Gasteiger partial charge is 0.271 e. The van der Waals surface area contributed by atoms with Crippen LogP contribution < -0.4 is 11.3 Å². The zero-order valence-corrected chi connectivity index (χ0v) is 10.7. The Morgan fingerprint density at radius 1 is 1.35 bits per heavy atom. The Morgan fingerprint density at radius 3 is 2.60 bits per heavy atom. The minimum atomic E-state index is -4.43. The molecule has 0 aliphatic rings. The Balaban J connectivity index is 2.35. The van der Waals surface area contributed by atoms with Crippen molar-refractivity contribution in [2.24, 2.45) is 12.9 Å². The van der Waals surface area contributed by atoms with Gasteiger partial charge in [-0.3, -0.25) is 16.0 Å². The van der Waals surface area contributed by atoms with E-state index in [-0.39, 0.29) is 12.0 Å². The first kappa shape index (κ1) is 14.5. The highest BCUT2D eigenvalue weighted by atomic mass is 19.4. The van der Waals surface area contributed by atoms with Crippen LogP contribution in [0.3, 0.4) is 0 Å². The number of nitrogens with zero attached hydrogens (tertiary/aromatic N) is 3. The summed E-state index contributed by atoms with van der Waals surface area (Å²) in [5.41, 5.74) is 1.80. The SMILES string of the molecule is Cn1ncnc1CC(NN)c1ccccc1C(F)(F)F. The predicted molar refractivity (Wildman–Crippen MR) is 66.2 cm³/mol. The van der Waals surface area contributed by atoms with Crippen molar-refractivity contribution in [3.05, 3.63) is 47.5 Å². The molecule has 0 fully saturated rings. The van der Waals surface area contributed by atoms with Crippen LogP contribution >= 0.6 is 0 Å². The maximum absolute atomic E-state index is 13.0. The van der Waals surface area contributed by atoms with Crippen molar-refractivity contribution in [1.82, 2.24) is 20.2 Å².